The lowest BCUT2D eigenvalue weighted by Gasteiger charge is -2.21. The molecule has 33 heavy (non-hydrogen) atoms. The Kier molecular flexibility index (Phi) is 7.22. The minimum atomic E-state index is -3.36. The van der Waals surface area contributed by atoms with Crippen molar-refractivity contribution in [3.05, 3.63) is 54.4 Å². The van der Waals surface area contributed by atoms with Gasteiger partial charge in [0.05, 0.1) is 25.6 Å². The molecule has 1 amide bonds. The van der Waals surface area contributed by atoms with Gasteiger partial charge in [0, 0.05) is 19.7 Å². The summed E-state index contributed by atoms with van der Waals surface area (Å²) in [6.45, 7) is 1.75. The minimum absolute atomic E-state index is 0.119. The van der Waals surface area contributed by atoms with E-state index < -0.39 is 16.1 Å². The molecule has 0 N–H and O–H groups in total. The number of nitrogens with zero attached hydrogens (tertiary/aromatic N) is 4. The van der Waals surface area contributed by atoms with Crippen molar-refractivity contribution in [2.24, 2.45) is 0 Å². The highest BCUT2D eigenvalue weighted by atomic mass is 32.2. The third-order valence-corrected chi connectivity index (χ3v) is 6.13. The van der Waals surface area contributed by atoms with Crippen LogP contribution in [-0.4, -0.2) is 62.9 Å². The summed E-state index contributed by atoms with van der Waals surface area (Å²) in [5.41, 5.74) is 1.26. The van der Waals surface area contributed by atoms with Gasteiger partial charge in [0.15, 0.2) is 6.10 Å². The number of hydrogen-bond acceptors (Lipinski definition) is 8. The van der Waals surface area contributed by atoms with E-state index in [1.54, 1.807) is 57.5 Å². The van der Waals surface area contributed by atoms with E-state index in [0.29, 0.717) is 17.3 Å². The van der Waals surface area contributed by atoms with E-state index in [-0.39, 0.29) is 18.3 Å². The Morgan fingerprint density at radius 3 is 2.24 bits per heavy atom. The van der Waals surface area contributed by atoms with E-state index in [1.807, 2.05) is 12.1 Å². The lowest BCUT2D eigenvalue weighted by Crippen LogP contribution is -2.37. The molecule has 10 nitrogen and oxygen atoms in total. The molecule has 0 radical (unpaired) electrons. The fourth-order valence-electron chi connectivity index (χ4n) is 2.95. The number of carbonyl (C=O) groups is 1. The van der Waals surface area contributed by atoms with Crippen molar-refractivity contribution < 1.29 is 27.2 Å². The lowest BCUT2D eigenvalue weighted by molar-refractivity contribution is -0.137. The molecule has 3 aromatic rings. The Bertz CT molecular complexity index is 1190. The van der Waals surface area contributed by atoms with Gasteiger partial charge in [-0.25, -0.2) is 8.42 Å². The van der Waals surface area contributed by atoms with Crippen LogP contribution in [0.5, 0.6) is 11.5 Å². The molecule has 1 aromatic heterocycles. The lowest BCUT2D eigenvalue weighted by atomic mass is 10.2. The molecule has 1 heterocycles. The zero-order valence-electron chi connectivity index (χ0n) is 19.0. The summed E-state index contributed by atoms with van der Waals surface area (Å²) in [5, 5.41) is 3.96. The number of amides is 1. The molecule has 0 unspecified atom stereocenters. The maximum absolute atomic E-state index is 12.7. The van der Waals surface area contributed by atoms with Crippen LogP contribution in [0.2, 0.25) is 0 Å². The highest BCUT2D eigenvalue weighted by Gasteiger charge is 2.22. The quantitative estimate of drug-likeness (QED) is 0.465. The fourth-order valence-corrected chi connectivity index (χ4v) is 3.45. The molecule has 0 saturated carbocycles. The third-order valence-electron chi connectivity index (χ3n) is 4.92. The summed E-state index contributed by atoms with van der Waals surface area (Å²) in [5.74, 6) is 1.58. The summed E-state index contributed by atoms with van der Waals surface area (Å²) >= 11 is 0. The van der Waals surface area contributed by atoms with E-state index >= 15 is 0 Å². The average molecular weight is 475 g/mol. The topological polar surface area (TPSA) is 115 Å². The van der Waals surface area contributed by atoms with Gasteiger partial charge in [-0.1, -0.05) is 5.16 Å². The Balaban J connectivity index is 1.59. The van der Waals surface area contributed by atoms with Gasteiger partial charge < -0.3 is 18.9 Å². The SMILES string of the molecule is COc1ccc(-c2noc(CN(C)C(=O)[C@H](C)Oc3ccc(N(C)S(C)(=O)=O)cc3)n2)cc1. The standard InChI is InChI=1S/C22H26N4O6S/c1-15(31-19-12-8-17(9-13-19)26(3)33(5,28)29)22(27)25(2)14-20-23-21(24-32-20)16-6-10-18(30-4)11-7-16/h6-13,15H,14H2,1-5H3/t15-/m0/s1. The molecule has 3 rings (SSSR count). The first kappa shape index (κ1) is 24.1. The predicted molar refractivity (Wildman–Crippen MR) is 123 cm³/mol. The molecule has 0 aliphatic rings. The zero-order chi connectivity index (χ0) is 24.2. The number of carbonyl (C=O) groups excluding carboxylic acids is 1. The van der Waals surface area contributed by atoms with Crippen LogP contribution in [0.4, 0.5) is 5.69 Å². The molecule has 0 aliphatic carbocycles. The number of rotatable bonds is 9. The van der Waals surface area contributed by atoms with Crippen molar-refractivity contribution >= 4 is 21.6 Å². The largest absolute Gasteiger partial charge is 0.497 e. The first-order chi connectivity index (χ1) is 15.6. The summed E-state index contributed by atoms with van der Waals surface area (Å²) in [7, 11) is 1.31. The highest BCUT2D eigenvalue weighted by molar-refractivity contribution is 7.92. The van der Waals surface area contributed by atoms with Gasteiger partial charge in [-0.15, -0.1) is 0 Å². The van der Waals surface area contributed by atoms with E-state index in [4.69, 9.17) is 14.0 Å². The van der Waals surface area contributed by atoms with Crippen LogP contribution in [0.15, 0.2) is 53.1 Å². The van der Waals surface area contributed by atoms with Gasteiger partial charge in [0.25, 0.3) is 5.91 Å². The second-order valence-electron chi connectivity index (χ2n) is 7.42. The van der Waals surface area contributed by atoms with Gasteiger partial charge >= 0.3 is 0 Å². The molecule has 0 aliphatic heterocycles. The second kappa shape index (κ2) is 9.90. The van der Waals surface area contributed by atoms with Gasteiger partial charge in [-0.05, 0) is 55.5 Å². The van der Waals surface area contributed by atoms with E-state index in [0.717, 1.165) is 21.9 Å². The summed E-state index contributed by atoms with van der Waals surface area (Å²) in [6, 6.07) is 13.7. The Labute approximate surface area is 192 Å². The van der Waals surface area contributed by atoms with E-state index in [2.05, 4.69) is 10.1 Å². The number of sulfonamides is 1. The molecular weight excluding hydrogens is 448 g/mol. The number of anilines is 1. The molecule has 0 spiro atoms. The van der Waals surface area contributed by atoms with Gasteiger partial charge in [-0.3, -0.25) is 9.10 Å². The van der Waals surface area contributed by atoms with Crippen LogP contribution in [0.1, 0.15) is 12.8 Å². The smallest absolute Gasteiger partial charge is 0.263 e. The number of ether oxygens (including phenoxy) is 2. The van der Waals surface area contributed by atoms with Crippen molar-refractivity contribution in [3.8, 4) is 22.9 Å². The van der Waals surface area contributed by atoms with E-state index in [1.165, 1.54) is 11.9 Å². The van der Waals surface area contributed by atoms with Crippen LogP contribution in [0.25, 0.3) is 11.4 Å². The Hall–Kier alpha value is -3.60. The van der Waals surface area contributed by atoms with Crippen LogP contribution in [0, 0.1) is 0 Å². The van der Waals surface area contributed by atoms with Crippen molar-refractivity contribution in [2.45, 2.75) is 19.6 Å². The first-order valence-electron chi connectivity index (χ1n) is 10.0. The van der Waals surface area contributed by atoms with E-state index in [9.17, 15) is 13.2 Å². The number of hydrogen-bond donors (Lipinski definition) is 0. The van der Waals surface area contributed by atoms with Gasteiger partial charge in [-0.2, -0.15) is 4.98 Å². The van der Waals surface area contributed by atoms with Crippen LogP contribution < -0.4 is 13.8 Å². The second-order valence-corrected chi connectivity index (χ2v) is 9.43. The summed E-state index contributed by atoms with van der Waals surface area (Å²) in [6.07, 6.45) is 0.342. The maximum atomic E-state index is 12.7. The zero-order valence-corrected chi connectivity index (χ0v) is 19.9. The van der Waals surface area contributed by atoms with Crippen LogP contribution in [-0.2, 0) is 21.4 Å². The molecule has 1 atom stereocenters. The van der Waals surface area contributed by atoms with Crippen LogP contribution in [0.3, 0.4) is 0 Å². The number of aromatic nitrogens is 2. The average Bonchev–Trinajstić information content (AvgIpc) is 3.26. The predicted octanol–water partition coefficient (Wildman–Crippen LogP) is 2.57. The summed E-state index contributed by atoms with van der Waals surface area (Å²) in [4.78, 5) is 18.5. The number of likely N-dealkylation sites (N-methyl/N-ethyl adjacent to an activating group) is 1. The highest BCUT2D eigenvalue weighted by Crippen LogP contribution is 2.22. The van der Waals surface area contributed by atoms with Crippen molar-refractivity contribution in [3.63, 3.8) is 0 Å². The van der Waals surface area contributed by atoms with Crippen molar-refractivity contribution in [2.75, 3.05) is 31.8 Å². The monoisotopic (exact) mass is 474 g/mol. The molecule has 0 fully saturated rings. The Morgan fingerprint density at radius 2 is 1.67 bits per heavy atom. The van der Waals surface area contributed by atoms with Crippen LogP contribution >= 0.6 is 0 Å². The van der Waals surface area contributed by atoms with Gasteiger partial charge in [0.2, 0.25) is 21.7 Å². The Morgan fingerprint density at radius 1 is 1.06 bits per heavy atom. The normalized spacial score (nSPS) is 12.2. The minimum Gasteiger partial charge on any atom is -0.497 e. The van der Waals surface area contributed by atoms with Crippen molar-refractivity contribution in [1.82, 2.24) is 15.0 Å². The molecule has 176 valence electrons. The maximum Gasteiger partial charge on any atom is 0.263 e. The molecule has 2 aromatic carbocycles. The van der Waals surface area contributed by atoms with Crippen molar-refractivity contribution in [1.29, 1.82) is 0 Å². The molecule has 0 saturated heterocycles. The molecule has 0 bridgehead atoms. The third kappa shape index (κ3) is 6.01. The fraction of sp³-hybridized carbons (Fsp3) is 0.318. The number of benzene rings is 2. The van der Waals surface area contributed by atoms with Gasteiger partial charge in [0.1, 0.15) is 11.5 Å². The number of methoxy groups -OCH3 is 1. The molecular formula is C22H26N4O6S. The molecule has 11 heteroatoms. The first-order valence-corrected chi connectivity index (χ1v) is 11.9. The summed E-state index contributed by atoms with van der Waals surface area (Å²) < 4.78 is 40.6.